The second-order valence-corrected chi connectivity index (χ2v) is 4.35. The summed E-state index contributed by atoms with van der Waals surface area (Å²) in [5.74, 6) is 6.33. The van der Waals surface area contributed by atoms with Crippen molar-refractivity contribution in [1.82, 2.24) is 10.3 Å². The quantitative estimate of drug-likeness (QED) is 0.307. The maximum atomic E-state index is 5.58. The fraction of sp³-hybridized carbons (Fsp3) is 0.917. The smallest absolute Gasteiger partial charge is 0.208 e. The molecule has 0 aromatic rings. The zero-order valence-corrected chi connectivity index (χ0v) is 11.9. The SMILES string of the molecule is CCC(CC)N(CCOC)C(=NC(C)C)NN. The van der Waals surface area contributed by atoms with E-state index in [4.69, 9.17) is 10.6 Å². The van der Waals surface area contributed by atoms with E-state index >= 15 is 0 Å². The fourth-order valence-corrected chi connectivity index (χ4v) is 1.82. The molecule has 102 valence electrons. The van der Waals surface area contributed by atoms with E-state index in [0.29, 0.717) is 12.6 Å². The van der Waals surface area contributed by atoms with Crippen LogP contribution >= 0.6 is 0 Å². The van der Waals surface area contributed by atoms with E-state index in [2.05, 4.69) is 29.2 Å². The number of nitrogens with two attached hydrogens (primary N) is 1. The van der Waals surface area contributed by atoms with Crippen LogP contribution in [0.15, 0.2) is 4.99 Å². The molecule has 0 aliphatic heterocycles. The number of hydrazine groups is 1. The van der Waals surface area contributed by atoms with Crippen LogP contribution in [0.2, 0.25) is 0 Å². The third kappa shape index (κ3) is 5.89. The Kier molecular flexibility index (Phi) is 8.80. The summed E-state index contributed by atoms with van der Waals surface area (Å²) in [5, 5.41) is 0. The van der Waals surface area contributed by atoms with Crippen LogP contribution in [-0.2, 0) is 4.74 Å². The highest BCUT2D eigenvalue weighted by atomic mass is 16.5. The third-order valence-corrected chi connectivity index (χ3v) is 2.70. The zero-order chi connectivity index (χ0) is 13.3. The summed E-state index contributed by atoms with van der Waals surface area (Å²) in [4.78, 5) is 6.71. The van der Waals surface area contributed by atoms with Gasteiger partial charge < -0.3 is 9.64 Å². The van der Waals surface area contributed by atoms with Gasteiger partial charge >= 0.3 is 0 Å². The Bertz CT molecular complexity index is 215. The molecule has 5 nitrogen and oxygen atoms in total. The van der Waals surface area contributed by atoms with Crippen LogP contribution in [0, 0.1) is 0 Å². The highest BCUT2D eigenvalue weighted by Crippen LogP contribution is 2.09. The molecular formula is C12H28N4O. The number of nitrogens with zero attached hydrogens (tertiary/aromatic N) is 2. The summed E-state index contributed by atoms with van der Waals surface area (Å²) in [6, 6.07) is 0.666. The van der Waals surface area contributed by atoms with Crippen molar-refractivity contribution >= 4 is 5.96 Å². The number of nitrogens with one attached hydrogen (secondary N) is 1. The average Bonchev–Trinajstić information content (AvgIpc) is 2.31. The minimum atomic E-state index is 0.223. The van der Waals surface area contributed by atoms with Crippen LogP contribution in [0.4, 0.5) is 0 Å². The van der Waals surface area contributed by atoms with Crippen LogP contribution in [-0.4, -0.2) is 43.2 Å². The minimum absolute atomic E-state index is 0.223. The molecular weight excluding hydrogens is 216 g/mol. The number of aliphatic imine (C=N–C) groups is 1. The van der Waals surface area contributed by atoms with Gasteiger partial charge in [-0.2, -0.15) is 0 Å². The summed E-state index contributed by atoms with van der Waals surface area (Å²) >= 11 is 0. The monoisotopic (exact) mass is 244 g/mol. The number of ether oxygens (including phenoxy) is 1. The first-order valence-electron chi connectivity index (χ1n) is 6.40. The summed E-state index contributed by atoms with van der Waals surface area (Å²) in [6.07, 6.45) is 2.14. The van der Waals surface area contributed by atoms with E-state index < -0.39 is 0 Å². The van der Waals surface area contributed by atoms with Crippen molar-refractivity contribution in [3.63, 3.8) is 0 Å². The molecule has 0 aromatic carbocycles. The molecule has 0 amide bonds. The molecule has 17 heavy (non-hydrogen) atoms. The van der Waals surface area contributed by atoms with Crippen molar-refractivity contribution in [2.75, 3.05) is 20.3 Å². The Labute approximate surface area is 105 Å². The molecule has 0 bridgehead atoms. The van der Waals surface area contributed by atoms with Gasteiger partial charge in [-0.1, -0.05) is 13.8 Å². The van der Waals surface area contributed by atoms with Crippen molar-refractivity contribution in [3.05, 3.63) is 0 Å². The van der Waals surface area contributed by atoms with Gasteiger partial charge in [0.15, 0.2) is 0 Å². The van der Waals surface area contributed by atoms with E-state index in [1.165, 1.54) is 0 Å². The molecule has 0 spiro atoms. The average molecular weight is 244 g/mol. The lowest BCUT2D eigenvalue weighted by Gasteiger charge is -2.33. The second-order valence-electron chi connectivity index (χ2n) is 4.35. The fourth-order valence-electron chi connectivity index (χ4n) is 1.82. The number of guanidine groups is 1. The maximum Gasteiger partial charge on any atom is 0.208 e. The molecule has 0 aliphatic carbocycles. The number of rotatable bonds is 7. The van der Waals surface area contributed by atoms with Gasteiger partial charge in [-0.3, -0.25) is 5.43 Å². The maximum absolute atomic E-state index is 5.58. The highest BCUT2D eigenvalue weighted by molar-refractivity contribution is 5.79. The van der Waals surface area contributed by atoms with E-state index in [1.807, 2.05) is 13.8 Å². The van der Waals surface area contributed by atoms with Gasteiger partial charge in [-0.25, -0.2) is 10.8 Å². The molecule has 5 heteroatoms. The van der Waals surface area contributed by atoms with E-state index in [-0.39, 0.29) is 6.04 Å². The molecule has 0 saturated carbocycles. The zero-order valence-electron chi connectivity index (χ0n) is 11.9. The van der Waals surface area contributed by atoms with Gasteiger partial charge in [0.1, 0.15) is 0 Å². The largest absolute Gasteiger partial charge is 0.383 e. The summed E-state index contributed by atoms with van der Waals surface area (Å²) in [6.45, 7) is 9.92. The molecule has 0 aromatic heterocycles. The van der Waals surface area contributed by atoms with Crippen LogP contribution in [0.25, 0.3) is 0 Å². The molecule has 0 unspecified atom stereocenters. The summed E-state index contributed by atoms with van der Waals surface area (Å²) in [5.41, 5.74) is 2.71. The number of hydrogen-bond donors (Lipinski definition) is 2. The predicted octanol–water partition coefficient (Wildman–Crippen LogP) is 1.35. The lowest BCUT2D eigenvalue weighted by molar-refractivity contribution is 0.156. The number of hydrogen-bond acceptors (Lipinski definition) is 3. The Morgan fingerprint density at radius 2 is 1.94 bits per heavy atom. The second kappa shape index (κ2) is 9.24. The lowest BCUT2D eigenvalue weighted by Crippen LogP contribution is -2.51. The normalized spacial score (nSPS) is 12.4. The molecule has 0 fully saturated rings. The molecule has 0 saturated heterocycles. The Hall–Kier alpha value is -0.810. The van der Waals surface area contributed by atoms with Gasteiger partial charge in [0.2, 0.25) is 5.96 Å². The van der Waals surface area contributed by atoms with Crippen molar-refractivity contribution in [1.29, 1.82) is 0 Å². The van der Waals surface area contributed by atoms with Gasteiger partial charge in [-0.15, -0.1) is 0 Å². The Balaban J connectivity index is 4.84. The molecule has 3 N–H and O–H groups in total. The predicted molar refractivity (Wildman–Crippen MR) is 72.8 cm³/mol. The molecule has 0 aliphatic rings. The van der Waals surface area contributed by atoms with E-state index in [9.17, 15) is 0 Å². The summed E-state index contributed by atoms with van der Waals surface area (Å²) in [7, 11) is 1.71. The van der Waals surface area contributed by atoms with Gasteiger partial charge in [-0.05, 0) is 26.7 Å². The van der Waals surface area contributed by atoms with Crippen molar-refractivity contribution in [2.24, 2.45) is 10.8 Å². The van der Waals surface area contributed by atoms with Gasteiger partial charge in [0.05, 0.1) is 6.61 Å². The first-order chi connectivity index (χ1) is 8.10. The lowest BCUT2D eigenvalue weighted by atomic mass is 10.1. The topological polar surface area (TPSA) is 62.9 Å². The van der Waals surface area contributed by atoms with Crippen LogP contribution in [0.5, 0.6) is 0 Å². The van der Waals surface area contributed by atoms with Gasteiger partial charge in [0.25, 0.3) is 0 Å². The van der Waals surface area contributed by atoms with E-state index in [0.717, 1.165) is 25.3 Å². The highest BCUT2D eigenvalue weighted by Gasteiger charge is 2.18. The van der Waals surface area contributed by atoms with Crippen molar-refractivity contribution in [2.45, 2.75) is 52.6 Å². The van der Waals surface area contributed by atoms with Crippen LogP contribution in [0.3, 0.4) is 0 Å². The van der Waals surface area contributed by atoms with Crippen molar-refractivity contribution < 1.29 is 4.74 Å². The summed E-state index contributed by atoms with van der Waals surface area (Å²) < 4.78 is 5.15. The minimum Gasteiger partial charge on any atom is -0.383 e. The van der Waals surface area contributed by atoms with Crippen molar-refractivity contribution in [3.8, 4) is 0 Å². The van der Waals surface area contributed by atoms with Gasteiger partial charge in [0, 0.05) is 25.7 Å². The third-order valence-electron chi connectivity index (χ3n) is 2.70. The molecule has 0 heterocycles. The Morgan fingerprint density at radius 3 is 2.29 bits per heavy atom. The first-order valence-corrected chi connectivity index (χ1v) is 6.40. The Morgan fingerprint density at radius 1 is 1.35 bits per heavy atom. The molecule has 0 atom stereocenters. The number of methoxy groups -OCH3 is 1. The van der Waals surface area contributed by atoms with Crippen LogP contribution in [0.1, 0.15) is 40.5 Å². The van der Waals surface area contributed by atoms with E-state index in [1.54, 1.807) is 7.11 Å². The molecule has 0 radical (unpaired) electrons. The van der Waals surface area contributed by atoms with Crippen LogP contribution < -0.4 is 11.3 Å². The standard InChI is InChI=1S/C12H28N4O/c1-6-11(7-2)16(8-9-17-5)12(15-13)14-10(3)4/h10-11H,6-9,13H2,1-5H3,(H,14,15). The molecule has 0 rings (SSSR count). The first kappa shape index (κ1) is 16.2.